The van der Waals surface area contributed by atoms with E-state index in [0.717, 1.165) is 17.9 Å². The van der Waals surface area contributed by atoms with Gasteiger partial charge >= 0.3 is 0 Å². The molecule has 0 N–H and O–H groups in total. The van der Waals surface area contributed by atoms with E-state index in [4.69, 9.17) is 4.74 Å². The third-order valence-electron chi connectivity index (χ3n) is 6.61. The van der Waals surface area contributed by atoms with E-state index < -0.39 is 0 Å². The second kappa shape index (κ2) is 9.01. The minimum atomic E-state index is 0.534. The van der Waals surface area contributed by atoms with Gasteiger partial charge in [0, 0.05) is 13.2 Å². The third-order valence-corrected chi connectivity index (χ3v) is 6.61. The van der Waals surface area contributed by atoms with Gasteiger partial charge in [0.1, 0.15) is 0 Å². The van der Waals surface area contributed by atoms with Crippen LogP contribution in [-0.4, -0.2) is 37.7 Å². The molecule has 0 aliphatic heterocycles. The summed E-state index contributed by atoms with van der Waals surface area (Å²) in [5.41, 5.74) is 1.55. The predicted octanol–water partition coefficient (Wildman–Crippen LogP) is 5.24. The Balaban J connectivity index is 1.37. The van der Waals surface area contributed by atoms with Crippen molar-refractivity contribution in [3.05, 3.63) is 35.9 Å². The molecule has 0 saturated heterocycles. The molecule has 0 bridgehead atoms. The van der Waals surface area contributed by atoms with Gasteiger partial charge in [-0.15, -0.1) is 0 Å². The van der Waals surface area contributed by atoms with Gasteiger partial charge in [0.2, 0.25) is 0 Å². The first-order chi connectivity index (χ1) is 11.8. The summed E-state index contributed by atoms with van der Waals surface area (Å²) in [5.74, 6) is 1.72. The first kappa shape index (κ1) is 17.9. The molecule has 0 radical (unpaired) electrons. The molecule has 2 saturated carbocycles. The van der Waals surface area contributed by atoms with Crippen molar-refractivity contribution in [3.8, 4) is 0 Å². The van der Waals surface area contributed by atoms with Gasteiger partial charge in [-0.05, 0) is 88.8 Å². The summed E-state index contributed by atoms with van der Waals surface area (Å²) in [4.78, 5) is 2.66. The van der Waals surface area contributed by atoms with E-state index >= 15 is 0 Å². The van der Waals surface area contributed by atoms with E-state index in [1.165, 1.54) is 64.3 Å². The largest absolute Gasteiger partial charge is 0.381 e. The van der Waals surface area contributed by atoms with Crippen LogP contribution < -0.4 is 0 Å². The quantitative estimate of drug-likeness (QED) is 0.707. The first-order valence-corrected chi connectivity index (χ1v) is 10.0. The molecule has 0 unspecified atom stereocenters. The molecule has 3 rings (SSSR count). The van der Waals surface area contributed by atoms with Crippen LogP contribution in [0.15, 0.2) is 30.3 Å². The van der Waals surface area contributed by atoms with E-state index in [1.807, 2.05) is 7.11 Å². The number of methoxy groups -OCH3 is 1. The summed E-state index contributed by atoms with van der Waals surface area (Å²) in [6.07, 6.45) is 12.6. The lowest BCUT2D eigenvalue weighted by atomic mass is 9.81. The van der Waals surface area contributed by atoms with Crippen LogP contribution in [0, 0.1) is 5.92 Å². The second-order valence-corrected chi connectivity index (χ2v) is 8.06. The van der Waals surface area contributed by atoms with Crippen molar-refractivity contribution in [1.29, 1.82) is 0 Å². The minimum absolute atomic E-state index is 0.534. The number of benzene rings is 1. The molecular formula is C22H35NO. The lowest BCUT2D eigenvalue weighted by Gasteiger charge is -2.36. The fraction of sp³-hybridized carbons (Fsp3) is 0.727. The highest BCUT2D eigenvalue weighted by Crippen LogP contribution is 2.35. The fourth-order valence-electron chi connectivity index (χ4n) is 4.80. The van der Waals surface area contributed by atoms with Crippen molar-refractivity contribution >= 4 is 0 Å². The van der Waals surface area contributed by atoms with E-state index in [9.17, 15) is 0 Å². The molecule has 2 nitrogen and oxygen atoms in total. The summed E-state index contributed by atoms with van der Waals surface area (Å²) in [6.45, 7) is 1.28. The zero-order valence-corrected chi connectivity index (χ0v) is 15.6. The topological polar surface area (TPSA) is 12.5 Å². The summed E-state index contributed by atoms with van der Waals surface area (Å²) in [6, 6.07) is 11.9. The van der Waals surface area contributed by atoms with Gasteiger partial charge in [-0.3, -0.25) is 0 Å². The minimum Gasteiger partial charge on any atom is -0.381 e. The van der Waals surface area contributed by atoms with Gasteiger partial charge in [-0.2, -0.15) is 0 Å². The number of ether oxygens (including phenoxy) is 1. The highest BCUT2D eigenvalue weighted by Gasteiger charge is 2.26. The van der Waals surface area contributed by atoms with Crippen LogP contribution in [0.3, 0.4) is 0 Å². The number of hydrogen-bond donors (Lipinski definition) is 0. The molecule has 2 fully saturated rings. The molecule has 2 aliphatic carbocycles. The van der Waals surface area contributed by atoms with Crippen molar-refractivity contribution in [1.82, 2.24) is 4.90 Å². The van der Waals surface area contributed by atoms with Crippen molar-refractivity contribution < 1.29 is 4.74 Å². The third kappa shape index (κ3) is 4.83. The number of rotatable bonds is 6. The Labute approximate surface area is 148 Å². The molecule has 134 valence electrons. The smallest absolute Gasteiger partial charge is 0.0571 e. The molecule has 0 heterocycles. The standard InChI is InChI=1S/C22H35NO/c1-23(17-16-18-8-14-22(24-2)15-9-18)21-12-10-20(11-13-21)19-6-4-3-5-7-19/h3-7,18,20-22H,8-17H2,1-2H3. The summed E-state index contributed by atoms with van der Waals surface area (Å²) >= 11 is 0. The Hall–Kier alpha value is -0.860. The summed E-state index contributed by atoms with van der Waals surface area (Å²) in [7, 11) is 4.22. The Morgan fingerprint density at radius 1 is 0.917 bits per heavy atom. The molecule has 0 aromatic heterocycles. The van der Waals surface area contributed by atoms with Crippen molar-refractivity contribution in [2.24, 2.45) is 5.92 Å². The van der Waals surface area contributed by atoms with E-state index in [-0.39, 0.29) is 0 Å². The molecule has 0 atom stereocenters. The molecular weight excluding hydrogens is 294 g/mol. The Morgan fingerprint density at radius 2 is 1.58 bits per heavy atom. The highest BCUT2D eigenvalue weighted by molar-refractivity contribution is 5.20. The van der Waals surface area contributed by atoms with Crippen LogP contribution in [0.1, 0.15) is 69.3 Å². The highest BCUT2D eigenvalue weighted by atomic mass is 16.5. The van der Waals surface area contributed by atoms with Crippen LogP contribution >= 0.6 is 0 Å². The zero-order valence-electron chi connectivity index (χ0n) is 15.6. The maximum atomic E-state index is 5.50. The van der Waals surface area contributed by atoms with Crippen molar-refractivity contribution in [3.63, 3.8) is 0 Å². The van der Waals surface area contributed by atoms with Crippen LogP contribution in [0.4, 0.5) is 0 Å². The van der Waals surface area contributed by atoms with E-state index in [1.54, 1.807) is 5.56 Å². The van der Waals surface area contributed by atoms with Gasteiger partial charge in [-0.25, -0.2) is 0 Å². The van der Waals surface area contributed by atoms with Crippen molar-refractivity contribution in [2.45, 2.75) is 75.9 Å². The predicted molar refractivity (Wildman–Crippen MR) is 101 cm³/mol. The molecule has 24 heavy (non-hydrogen) atoms. The lowest BCUT2D eigenvalue weighted by Crippen LogP contribution is -2.36. The SMILES string of the molecule is COC1CCC(CCN(C)C2CCC(c3ccccc3)CC2)CC1. The number of hydrogen-bond acceptors (Lipinski definition) is 2. The van der Waals surface area contributed by atoms with Gasteiger partial charge < -0.3 is 9.64 Å². The van der Waals surface area contributed by atoms with Crippen LogP contribution in [0.5, 0.6) is 0 Å². The maximum Gasteiger partial charge on any atom is 0.0571 e. The molecule has 0 amide bonds. The summed E-state index contributed by atoms with van der Waals surface area (Å²) < 4.78 is 5.50. The van der Waals surface area contributed by atoms with Crippen LogP contribution in [0.25, 0.3) is 0 Å². The number of nitrogens with zero attached hydrogens (tertiary/aromatic N) is 1. The van der Waals surface area contributed by atoms with Gasteiger partial charge in [0.25, 0.3) is 0 Å². The monoisotopic (exact) mass is 329 g/mol. The van der Waals surface area contributed by atoms with Crippen molar-refractivity contribution in [2.75, 3.05) is 20.7 Å². The average molecular weight is 330 g/mol. The van der Waals surface area contributed by atoms with Gasteiger partial charge in [0.05, 0.1) is 6.10 Å². The maximum absolute atomic E-state index is 5.50. The van der Waals surface area contributed by atoms with Gasteiger partial charge in [0.15, 0.2) is 0 Å². The second-order valence-electron chi connectivity index (χ2n) is 8.06. The van der Waals surface area contributed by atoms with E-state index in [0.29, 0.717) is 6.10 Å². The first-order valence-electron chi connectivity index (χ1n) is 10.0. The Kier molecular flexibility index (Phi) is 6.74. The van der Waals surface area contributed by atoms with E-state index in [2.05, 4.69) is 42.3 Å². The molecule has 0 spiro atoms. The molecule has 2 heteroatoms. The fourth-order valence-corrected chi connectivity index (χ4v) is 4.80. The molecule has 1 aromatic rings. The Bertz CT molecular complexity index is 458. The van der Waals surface area contributed by atoms with Gasteiger partial charge in [-0.1, -0.05) is 30.3 Å². The van der Waals surface area contributed by atoms with Crippen LogP contribution in [-0.2, 0) is 4.74 Å². The van der Waals surface area contributed by atoms with Crippen LogP contribution in [0.2, 0.25) is 0 Å². The molecule has 2 aliphatic rings. The Morgan fingerprint density at radius 3 is 2.21 bits per heavy atom. The normalized spacial score (nSPS) is 31.3. The summed E-state index contributed by atoms with van der Waals surface area (Å²) in [5, 5.41) is 0. The lowest BCUT2D eigenvalue weighted by molar-refractivity contribution is 0.0527. The zero-order chi connectivity index (χ0) is 16.8. The average Bonchev–Trinajstić information content (AvgIpc) is 2.67. The molecule has 1 aromatic carbocycles.